The van der Waals surface area contributed by atoms with Crippen LogP contribution in [0.15, 0.2) is 84.1 Å². The number of nitriles is 1. The van der Waals surface area contributed by atoms with Crippen molar-refractivity contribution in [3.63, 3.8) is 0 Å². The SMILES string of the molecule is COC(=O)c1ccc(N(C)C(=O)CN2C(=O)N(c3cccc(C(F)(F)F)c3)C(C)=C(C(C)=O)C2c2ccc(C#N)cc2)cc1. The minimum Gasteiger partial charge on any atom is -0.465 e. The molecule has 1 aliphatic heterocycles. The number of nitrogens with zero attached hydrogens (tertiary/aromatic N) is 4. The Morgan fingerprint density at radius 2 is 1.66 bits per heavy atom. The van der Waals surface area contributed by atoms with E-state index in [1.165, 1.54) is 75.4 Å². The first-order chi connectivity index (χ1) is 20.8. The average molecular weight is 605 g/mol. The van der Waals surface area contributed by atoms with Crippen molar-refractivity contribution in [1.29, 1.82) is 5.26 Å². The number of urea groups is 1. The maximum absolute atomic E-state index is 14.2. The smallest absolute Gasteiger partial charge is 0.416 e. The van der Waals surface area contributed by atoms with Crippen molar-refractivity contribution in [2.75, 3.05) is 30.5 Å². The van der Waals surface area contributed by atoms with Gasteiger partial charge in [0.15, 0.2) is 5.78 Å². The monoisotopic (exact) mass is 604 g/mol. The first-order valence-electron chi connectivity index (χ1n) is 13.2. The zero-order chi connectivity index (χ0) is 32.3. The number of benzene rings is 3. The molecule has 1 unspecified atom stereocenters. The molecule has 0 N–H and O–H groups in total. The lowest BCUT2D eigenvalue weighted by Gasteiger charge is -2.43. The van der Waals surface area contributed by atoms with E-state index in [0.29, 0.717) is 16.8 Å². The Labute approximate surface area is 251 Å². The van der Waals surface area contributed by atoms with E-state index in [-0.39, 0.29) is 22.5 Å². The van der Waals surface area contributed by atoms with E-state index in [9.17, 15) is 37.6 Å². The van der Waals surface area contributed by atoms with Crippen LogP contribution in [-0.4, -0.2) is 49.3 Å². The molecule has 9 nitrogen and oxygen atoms in total. The molecule has 3 aromatic carbocycles. The van der Waals surface area contributed by atoms with E-state index >= 15 is 0 Å². The van der Waals surface area contributed by atoms with Gasteiger partial charge in [-0.15, -0.1) is 0 Å². The van der Waals surface area contributed by atoms with Crippen LogP contribution < -0.4 is 9.80 Å². The molecule has 0 aliphatic carbocycles. The first-order valence-corrected chi connectivity index (χ1v) is 13.2. The maximum atomic E-state index is 14.2. The highest BCUT2D eigenvalue weighted by Gasteiger charge is 2.43. The van der Waals surface area contributed by atoms with Gasteiger partial charge < -0.3 is 14.5 Å². The number of hydrogen-bond acceptors (Lipinski definition) is 6. The number of esters is 1. The topological polar surface area (TPSA) is 111 Å². The normalized spacial score (nSPS) is 15.1. The summed E-state index contributed by atoms with van der Waals surface area (Å²) < 4.78 is 45.5. The second-order valence-electron chi connectivity index (χ2n) is 9.98. The van der Waals surface area contributed by atoms with Crippen LogP contribution in [-0.2, 0) is 20.5 Å². The third-order valence-electron chi connectivity index (χ3n) is 7.27. The molecule has 1 atom stereocenters. The molecule has 3 aromatic rings. The Bertz CT molecular complexity index is 1690. The number of hydrogen-bond donors (Lipinski definition) is 0. The van der Waals surface area contributed by atoms with Gasteiger partial charge in [-0.2, -0.15) is 18.4 Å². The van der Waals surface area contributed by atoms with Crippen molar-refractivity contribution < 1.29 is 37.1 Å². The number of ketones is 1. The van der Waals surface area contributed by atoms with Gasteiger partial charge in [-0.05, 0) is 74.0 Å². The van der Waals surface area contributed by atoms with E-state index in [0.717, 1.165) is 28.0 Å². The van der Waals surface area contributed by atoms with Crippen molar-refractivity contribution in [2.45, 2.75) is 26.1 Å². The second-order valence-corrected chi connectivity index (χ2v) is 9.98. The summed E-state index contributed by atoms with van der Waals surface area (Å²) in [6.45, 7) is 2.16. The van der Waals surface area contributed by atoms with Crippen LogP contribution in [0.3, 0.4) is 0 Å². The molecule has 44 heavy (non-hydrogen) atoms. The highest BCUT2D eigenvalue weighted by molar-refractivity contribution is 6.07. The van der Waals surface area contributed by atoms with E-state index in [4.69, 9.17) is 4.74 Å². The third-order valence-corrected chi connectivity index (χ3v) is 7.27. The number of methoxy groups -OCH3 is 1. The number of Topliss-reactive ketones (excluding diaryl/α,β-unsaturated/α-hetero) is 1. The van der Waals surface area contributed by atoms with E-state index in [1.54, 1.807) is 12.1 Å². The van der Waals surface area contributed by atoms with Gasteiger partial charge in [0, 0.05) is 24.0 Å². The second kappa shape index (κ2) is 12.4. The maximum Gasteiger partial charge on any atom is 0.416 e. The van der Waals surface area contributed by atoms with E-state index < -0.39 is 48.0 Å². The van der Waals surface area contributed by atoms with Crippen LogP contribution in [0, 0.1) is 11.3 Å². The predicted octanol–water partition coefficient (Wildman–Crippen LogP) is 5.87. The van der Waals surface area contributed by atoms with Gasteiger partial charge in [-0.3, -0.25) is 14.5 Å². The standard InChI is InChI=1S/C32H27F3N4O5/c1-19-28(20(2)40)29(22-10-8-21(17-36)9-11-22)38(31(43)39(19)26-7-5-6-24(16-26)32(33,34)35)18-27(41)37(3)25-14-12-23(13-15-25)30(42)44-4/h5-16,29H,18H2,1-4H3. The van der Waals surface area contributed by atoms with Crippen LogP contribution in [0.1, 0.15) is 46.9 Å². The largest absolute Gasteiger partial charge is 0.465 e. The third kappa shape index (κ3) is 6.17. The van der Waals surface area contributed by atoms with Crippen molar-refractivity contribution in [1.82, 2.24) is 4.90 Å². The number of carbonyl (C=O) groups is 4. The Hall–Kier alpha value is -5.44. The van der Waals surface area contributed by atoms with Crippen molar-refractivity contribution in [3.8, 4) is 6.07 Å². The first kappa shape index (κ1) is 31.5. The number of ether oxygens (including phenoxy) is 1. The fourth-order valence-electron chi connectivity index (χ4n) is 5.01. The molecular formula is C32H27F3N4O5. The summed E-state index contributed by atoms with van der Waals surface area (Å²) in [7, 11) is 2.69. The molecule has 0 fully saturated rings. The van der Waals surface area contributed by atoms with Crippen LogP contribution in [0.5, 0.6) is 0 Å². The summed E-state index contributed by atoms with van der Waals surface area (Å²) in [6.07, 6.45) is -4.69. The number of carbonyl (C=O) groups excluding carboxylic acids is 4. The number of alkyl halides is 3. The fraction of sp³-hybridized carbons (Fsp3) is 0.219. The van der Waals surface area contributed by atoms with Gasteiger partial charge in [0.2, 0.25) is 5.91 Å². The number of amides is 3. The molecule has 0 spiro atoms. The van der Waals surface area contributed by atoms with Crippen molar-refractivity contribution in [2.24, 2.45) is 0 Å². The van der Waals surface area contributed by atoms with E-state index in [1.807, 2.05) is 6.07 Å². The van der Waals surface area contributed by atoms with Gasteiger partial charge in [0.05, 0.1) is 41.6 Å². The van der Waals surface area contributed by atoms with Crippen LogP contribution in [0.2, 0.25) is 0 Å². The van der Waals surface area contributed by atoms with Crippen LogP contribution in [0.25, 0.3) is 0 Å². The molecule has 226 valence electrons. The summed E-state index contributed by atoms with van der Waals surface area (Å²) >= 11 is 0. The number of rotatable bonds is 7. The predicted molar refractivity (Wildman–Crippen MR) is 154 cm³/mol. The Balaban J connectivity index is 1.82. The molecule has 0 radical (unpaired) electrons. The Morgan fingerprint density at radius 3 is 2.20 bits per heavy atom. The number of likely N-dealkylation sites (N-methyl/N-ethyl adjacent to an activating group) is 1. The van der Waals surface area contributed by atoms with Crippen molar-refractivity contribution >= 4 is 35.1 Å². The average Bonchev–Trinajstić information content (AvgIpc) is 3.01. The van der Waals surface area contributed by atoms with Gasteiger partial charge in [-0.1, -0.05) is 18.2 Å². The van der Waals surface area contributed by atoms with E-state index in [2.05, 4.69) is 0 Å². The number of allylic oxidation sites excluding steroid dienone is 1. The highest BCUT2D eigenvalue weighted by atomic mass is 19.4. The fourth-order valence-corrected chi connectivity index (χ4v) is 5.01. The highest BCUT2D eigenvalue weighted by Crippen LogP contribution is 2.41. The lowest BCUT2D eigenvalue weighted by atomic mass is 9.90. The van der Waals surface area contributed by atoms with Crippen LogP contribution >= 0.6 is 0 Å². The zero-order valence-electron chi connectivity index (χ0n) is 24.2. The summed E-state index contributed by atoms with van der Waals surface area (Å²) in [4.78, 5) is 56.1. The molecule has 4 rings (SSSR count). The van der Waals surface area contributed by atoms with Gasteiger partial charge in [-0.25, -0.2) is 9.59 Å². The molecule has 0 saturated carbocycles. The van der Waals surface area contributed by atoms with Crippen molar-refractivity contribution in [3.05, 3.63) is 106 Å². The van der Waals surface area contributed by atoms with Crippen LogP contribution in [0.4, 0.5) is 29.3 Å². The molecule has 1 heterocycles. The summed E-state index contributed by atoms with van der Waals surface area (Å²) in [5, 5.41) is 9.26. The Kier molecular flexibility index (Phi) is 8.90. The minimum absolute atomic E-state index is 0.0876. The lowest BCUT2D eigenvalue weighted by molar-refractivity contribution is -0.137. The molecular weight excluding hydrogens is 577 g/mol. The zero-order valence-corrected chi connectivity index (χ0v) is 24.2. The van der Waals surface area contributed by atoms with Gasteiger partial charge in [0.1, 0.15) is 6.54 Å². The molecule has 0 bridgehead atoms. The summed E-state index contributed by atoms with van der Waals surface area (Å²) in [5.74, 6) is -1.62. The number of anilines is 2. The quantitative estimate of drug-likeness (QED) is 0.312. The summed E-state index contributed by atoms with van der Waals surface area (Å²) in [5.41, 5.74) is 0.447. The summed E-state index contributed by atoms with van der Waals surface area (Å²) in [6, 6.07) is 16.3. The minimum atomic E-state index is -4.69. The number of halogens is 3. The molecule has 1 aliphatic rings. The molecule has 12 heteroatoms. The van der Waals surface area contributed by atoms with Gasteiger partial charge >= 0.3 is 18.2 Å². The molecule has 0 aromatic heterocycles. The van der Waals surface area contributed by atoms with Gasteiger partial charge in [0.25, 0.3) is 0 Å². The lowest BCUT2D eigenvalue weighted by Crippen LogP contribution is -2.53. The Morgan fingerprint density at radius 1 is 1.02 bits per heavy atom. The molecule has 3 amide bonds. The molecule has 0 saturated heterocycles.